The Morgan fingerprint density at radius 1 is 1.39 bits per heavy atom. The molecule has 7 nitrogen and oxygen atoms in total. The first-order valence-corrected chi connectivity index (χ1v) is 7.39. The number of sulfone groups is 1. The number of aromatic nitrogens is 2. The molecule has 2 N–H and O–H groups in total. The summed E-state index contributed by atoms with van der Waals surface area (Å²) in [5.41, 5.74) is 0. The van der Waals surface area contributed by atoms with Crippen LogP contribution >= 0.6 is 0 Å². The van der Waals surface area contributed by atoms with Crippen LogP contribution in [-0.4, -0.2) is 42.5 Å². The Morgan fingerprint density at radius 3 is 2.72 bits per heavy atom. The lowest BCUT2D eigenvalue weighted by Crippen LogP contribution is -2.33. The van der Waals surface area contributed by atoms with Gasteiger partial charge in [0, 0.05) is 18.9 Å². The summed E-state index contributed by atoms with van der Waals surface area (Å²) in [5.74, 6) is 0.573. The third-order valence-corrected chi connectivity index (χ3v) is 4.51. The number of carbonyl (C=O) groups excluding carboxylic acids is 1. The highest BCUT2D eigenvalue weighted by Gasteiger charge is 2.27. The molecular formula is C10H14N4O3S. The Labute approximate surface area is 105 Å². The highest BCUT2D eigenvalue weighted by Crippen LogP contribution is 2.17. The van der Waals surface area contributed by atoms with Crippen molar-refractivity contribution in [2.24, 2.45) is 5.92 Å². The van der Waals surface area contributed by atoms with Gasteiger partial charge in [-0.3, -0.25) is 5.32 Å². The Hall–Kier alpha value is -1.70. The van der Waals surface area contributed by atoms with E-state index in [0.717, 1.165) is 0 Å². The Morgan fingerprint density at radius 2 is 2.11 bits per heavy atom. The highest BCUT2D eigenvalue weighted by atomic mass is 32.2. The normalized spacial score (nSPS) is 21.4. The van der Waals surface area contributed by atoms with Gasteiger partial charge in [0.1, 0.15) is 0 Å². The van der Waals surface area contributed by atoms with Crippen molar-refractivity contribution in [1.82, 2.24) is 15.3 Å². The van der Waals surface area contributed by atoms with Gasteiger partial charge < -0.3 is 5.32 Å². The molecule has 0 radical (unpaired) electrons. The van der Waals surface area contributed by atoms with Gasteiger partial charge in [-0.25, -0.2) is 23.2 Å². The van der Waals surface area contributed by atoms with E-state index in [9.17, 15) is 13.2 Å². The standard InChI is InChI=1S/C10H14N4O3S/c15-10(14-9-11-3-1-4-12-9)13-6-8-2-5-18(16,17)7-8/h1,3-4,8H,2,5-7H2,(H2,11,12,13,14,15)/t8-/m0/s1. The van der Waals surface area contributed by atoms with Gasteiger partial charge in [0.25, 0.3) is 0 Å². The number of amides is 2. The molecule has 98 valence electrons. The maximum absolute atomic E-state index is 11.5. The molecule has 1 aliphatic rings. The van der Waals surface area contributed by atoms with E-state index in [2.05, 4.69) is 20.6 Å². The van der Waals surface area contributed by atoms with Crippen LogP contribution in [0.3, 0.4) is 0 Å². The number of rotatable bonds is 3. The zero-order valence-corrected chi connectivity index (χ0v) is 10.5. The third-order valence-electron chi connectivity index (χ3n) is 2.67. The minimum atomic E-state index is -2.90. The average Bonchev–Trinajstić information content (AvgIpc) is 2.68. The van der Waals surface area contributed by atoms with E-state index in [4.69, 9.17) is 0 Å². The van der Waals surface area contributed by atoms with Gasteiger partial charge in [-0.15, -0.1) is 0 Å². The van der Waals surface area contributed by atoms with Gasteiger partial charge in [-0.2, -0.15) is 0 Å². The zero-order chi connectivity index (χ0) is 13.0. The van der Waals surface area contributed by atoms with Crippen LogP contribution in [0, 0.1) is 5.92 Å². The summed E-state index contributed by atoms with van der Waals surface area (Å²) < 4.78 is 22.5. The van der Waals surface area contributed by atoms with Crippen molar-refractivity contribution in [2.75, 3.05) is 23.4 Å². The molecule has 1 aromatic heterocycles. The molecular weight excluding hydrogens is 256 g/mol. The molecule has 0 aromatic carbocycles. The number of carbonyl (C=O) groups is 1. The number of nitrogens with one attached hydrogen (secondary N) is 2. The van der Waals surface area contributed by atoms with Gasteiger partial charge in [-0.05, 0) is 18.4 Å². The maximum Gasteiger partial charge on any atom is 0.321 e. The second kappa shape index (κ2) is 5.30. The molecule has 1 aromatic rings. The van der Waals surface area contributed by atoms with Crippen LogP contribution in [0.15, 0.2) is 18.5 Å². The molecule has 18 heavy (non-hydrogen) atoms. The van der Waals surface area contributed by atoms with E-state index in [1.165, 1.54) is 12.4 Å². The van der Waals surface area contributed by atoms with Crippen LogP contribution in [0.25, 0.3) is 0 Å². The fourth-order valence-electron chi connectivity index (χ4n) is 1.78. The summed E-state index contributed by atoms with van der Waals surface area (Å²) in [4.78, 5) is 19.2. The van der Waals surface area contributed by atoms with E-state index in [1.54, 1.807) is 6.07 Å². The number of hydrogen-bond acceptors (Lipinski definition) is 5. The minimum absolute atomic E-state index is 0.00237. The van der Waals surface area contributed by atoms with Crippen molar-refractivity contribution in [3.05, 3.63) is 18.5 Å². The summed E-state index contributed by atoms with van der Waals surface area (Å²) in [6.07, 6.45) is 3.64. The molecule has 2 heterocycles. The fourth-order valence-corrected chi connectivity index (χ4v) is 3.64. The van der Waals surface area contributed by atoms with Crippen molar-refractivity contribution >= 4 is 21.8 Å². The Balaban J connectivity index is 1.76. The van der Waals surface area contributed by atoms with E-state index < -0.39 is 15.9 Å². The molecule has 0 saturated carbocycles. The molecule has 0 aliphatic carbocycles. The molecule has 1 atom stereocenters. The van der Waals surface area contributed by atoms with Crippen LogP contribution in [0.4, 0.5) is 10.7 Å². The topological polar surface area (TPSA) is 101 Å². The summed E-state index contributed by atoms with van der Waals surface area (Å²) in [6, 6.07) is 1.22. The van der Waals surface area contributed by atoms with Gasteiger partial charge in [0.2, 0.25) is 5.95 Å². The lowest BCUT2D eigenvalue weighted by Gasteiger charge is -2.09. The molecule has 2 amide bonds. The first-order valence-electron chi connectivity index (χ1n) is 5.57. The molecule has 8 heteroatoms. The van der Waals surface area contributed by atoms with E-state index in [1.807, 2.05) is 0 Å². The molecule has 0 unspecified atom stereocenters. The first kappa shape index (κ1) is 12.7. The largest absolute Gasteiger partial charge is 0.337 e. The van der Waals surface area contributed by atoms with Gasteiger partial charge in [-0.1, -0.05) is 0 Å². The summed E-state index contributed by atoms with van der Waals surface area (Å²) in [7, 11) is -2.90. The quantitative estimate of drug-likeness (QED) is 0.807. The molecule has 2 rings (SSSR count). The number of urea groups is 1. The maximum atomic E-state index is 11.5. The molecule has 1 fully saturated rings. The summed E-state index contributed by atoms with van der Waals surface area (Å²) in [5, 5.41) is 5.08. The number of nitrogens with zero attached hydrogens (tertiary/aromatic N) is 2. The Kier molecular flexibility index (Phi) is 3.75. The molecule has 0 bridgehead atoms. The summed E-state index contributed by atoms with van der Waals surface area (Å²) in [6.45, 7) is 0.345. The number of anilines is 1. The fraction of sp³-hybridized carbons (Fsp3) is 0.500. The minimum Gasteiger partial charge on any atom is -0.337 e. The van der Waals surface area contributed by atoms with Crippen LogP contribution in [0.5, 0.6) is 0 Å². The Bertz CT molecular complexity index is 517. The third kappa shape index (κ3) is 3.66. The second-order valence-electron chi connectivity index (χ2n) is 4.18. The van der Waals surface area contributed by atoms with Crippen LogP contribution in [0.1, 0.15) is 6.42 Å². The average molecular weight is 270 g/mol. The lowest BCUT2D eigenvalue weighted by molar-refractivity contribution is 0.250. The van der Waals surface area contributed by atoms with E-state index >= 15 is 0 Å². The van der Waals surface area contributed by atoms with Crippen molar-refractivity contribution in [2.45, 2.75) is 6.42 Å². The van der Waals surface area contributed by atoms with Crippen molar-refractivity contribution in [1.29, 1.82) is 0 Å². The molecule has 1 saturated heterocycles. The van der Waals surface area contributed by atoms with E-state index in [0.29, 0.717) is 13.0 Å². The molecule has 0 spiro atoms. The number of hydrogen-bond donors (Lipinski definition) is 2. The van der Waals surface area contributed by atoms with Crippen LogP contribution in [0.2, 0.25) is 0 Å². The smallest absolute Gasteiger partial charge is 0.321 e. The highest BCUT2D eigenvalue weighted by molar-refractivity contribution is 7.91. The summed E-state index contributed by atoms with van der Waals surface area (Å²) >= 11 is 0. The van der Waals surface area contributed by atoms with Crippen molar-refractivity contribution in [3.8, 4) is 0 Å². The van der Waals surface area contributed by atoms with Crippen molar-refractivity contribution in [3.63, 3.8) is 0 Å². The lowest BCUT2D eigenvalue weighted by atomic mass is 10.1. The monoisotopic (exact) mass is 270 g/mol. The zero-order valence-electron chi connectivity index (χ0n) is 9.67. The van der Waals surface area contributed by atoms with Crippen molar-refractivity contribution < 1.29 is 13.2 Å². The van der Waals surface area contributed by atoms with Gasteiger partial charge in [0.05, 0.1) is 11.5 Å². The SMILES string of the molecule is O=C(NC[C@@H]1CCS(=O)(=O)C1)Nc1ncccn1. The second-order valence-corrected chi connectivity index (χ2v) is 6.41. The van der Waals surface area contributed by atoms with E-state index in [-0.39, 0.29) is 23.4 Å². The first-order chi connectivity index (χ1) is 8.55. The predicted octanol–water partition coefficient (Wildman–Crippen LogP) is 0.0328. The van der Waals surface area contributed by atoms with Gasteiger partial charge in [0.15, 0.2) is 9.84 Å². The predicted molar refractivity (Wildman–Crippen MR) is 65.8 cm³/mol. The van der Waals surface area contributed by atoms with Crippen LogP contribution < -0.4 is 10.6 Å². The van der Waals surface area contributed by atoms with Gasteiger partial charge >= 0.3 is 6.03 Å². The molecule has 1 aliphatic heterocycles. The van der Waals surface area contributed by atoms with Crippen LogP contribution in [-0.2, 0) is 9.84 Å².